The second kappa shape index (κ2) is 6.55. The molecule has 1 heterocycles. The Morgan fingerprint density at radius 1 is 1.25 bits per heavy atom. The first-order valence-electron chi connectivity index (χ1n) is 9.05. The summed E-state index contributed by atoms with van der Waals surface area (Å²) in [5, 5.41) is 5.28. The fraction of sp³-hybridized carbons (Fsp3) is 0.273. The lowest BCUT2D eigenvalue weighted by atomic mass is 9.77. The number of fused-ring (bicyclic) bond motifs is 1. The van der Waals surface area contributed by atoms with Crippen molar-refractivity contribution in [3.63, 3.8) is 0 Å². The molecule has 2 aromatic carbocycles. The van der Waals surface area contributed by atoms with Crippen LogP contribution in [0.5, 0.6) is 0 Å². The van der Waals surface area contributed by atoms with Gasteiger partial charge in [-0.15, -0.1) is 0 Å². The van der Waals surface area contributed by atoms with Gasteiger partial charge in [0.25, 0.3) is 0 Å². The average molecular weight is 382 g/mol. The number of hydrogen-bond acceptors (Lipinski definition) is 3. The first-order valence-corrected chi connectivity index (χ1v) is 9.05. The largest absolute Gasteiger partial charge is 0.468 e. The topological polar surface area (TPSA) is 44.1 Å². The second-order valence-electron chi connectivity index (χ2n) is 7.21. The van der Waals surface area contributed by atoms with Gasteiger partial charge in [0.2, 0.25) is 0 Å². The van der Waals surface area contributed by atoms with Crippen molar-refractivity contribution >= 4 is 22.4 Å². The predicted molar refractivity (Wildman–Crippen MR) is 103 cm³/mol. The molecule has 0 saturated carbocycles. The Morgan fingerprint density at radius 2 is 2.04 bits per heavy atom. The first-order chi connectivity index (χ1) is 13.4. The first kappa shape index (κ1) is 18.3. The SMILES string of the molecule is COC(=O)C1(c2ccc(F)c(F)c2C)C=C(c2ccc3cnn(C)c3c2)CC1. The number of hydrogen-bond donors (Lipinski definition) is 0. The molecule has 28 heavy (non-hydrogen) atoms. The molecule has 144 valence electrons. The van der Waals surface area contributed by atoms with Crippen LogP contribution in [0.1, 0.15) is 29.5 Å². The quantitative estimate of drug-likeness (QED) is 0.629. The molecule has 1 atom stereocenters. The molecule has 6 heteroatoms. The predicted octanol–water partition coefficient (Wildman–Crippen LogP) is 4.45. The molecule has 1 aliphatic rings. The third-order valence-electron chi connectivity index (χ3n) is 5.70. The van der Waals surface area contributed by atoms with Crippen LogP contribution in [0.2, 0.25) is 0 Å². The summed E-state index contributed by atoms with van der Waals surface area (Å²) >= 11 is 0. The molecule has 0 fully saturated rings. The van der Waals surface area contributed by atoms with Crippen molar-refractivity contribution in [3.05, 3.63) is 70.9 Å². The van der Waals surface area contributed by atoms with E-state index < -0.39 is 23.0 Å². The maximum Gasteiger partial charge on any atom is 0.320 e. The number of methoxy groups -OCH3 is 1. The monoisotopic (exact) mass is 382 g/mol. The zero-order chi connectivity index (χ0) is 20.1. The summed E-state index contributed by atoms with van der Waals surface area (Å²) < 4.78 is 34.7. The highest BCUT2D eigenvalue weighted by atomic mass is 19.2. The van der Waals surface area contributed by atoms with Gasteiger partial charge in [-0.3, -0.25) is 9.48 Å². The Labute approximate surface area is 161 Å². The van der Waals surface area contributed by atoms with Gasteiger partial charge in [0.05, 0.1) is 18.8 Å². The molecular weight excluding hydrogens is 362 g/mol. The average Bonchev–Trinajstić information content (AvgIpc) is 3.30. The summed E-state index contributed by atoms with van der Waals surface area (Å²) in [6.45, 7) is 1.49. The molecule has 0 bridgehead atoms. The van der Waals surface area contributed by atoms with E-state index in [0.717, 1.165) is 28.1 Å². The molecule has 0 saturated heterocycles. The summed E-state index contributed by atoms with van der Waals surface area (Å²) in [5.74, 6) is -2.33. The van der Waals surface area contributed by atoms with Gasteiger partial charge in [-0.25, -0.2) is 8.78 Å². The number of aryl methyl sites for hydroxylation is 1. The highest BCUT2D eigenvalue weighted by Gasteiger charge is 2.44. The Balaban J connectivity index is 1.87. The fourth-order valence-electron chi connectivity index (χ4n) is 4.15. The van der Waals surface area contributed by atoms with Crippen LogP contribution in [-0.2, 0) is 22.0 Å². The molecule has 3 aromatic rings. The van der Waals surface area contributed by atoms with E-state index in [1.165, 1.54) is 20.1 Å². The number of allylic oxidation sites excluding steroid dienone is 1. The van der Waals surface area contributed by atoms with Gasteiger partial charge in [0, 0.05) is 12.4 Å². The van der Waals surface area contributed by atoms with Crippen LogP contribution in [0, 0.1) is 18.6 Å². The lowest BCUT2D eigenvalue weighted by molar-refractivity contribution is -0.145. The van der Waals surface area contributed by atoms with Crippen molar-refractivity contribution in [1.82, 2.24) is 9.78 Å². The molecule has 1 aromatic heterocycles. The fourth-order valence-corrected chi connectivity index (χ4v) is 4.15. The number of esters is 1. The zero-order valence-electron chi connectivity index (χ0n) is 15.9. The molecule has 1 unspecified atom stereocenters. The van der Waals surface area contributed by atoms with E-state index in [1.807, 2.05) is 31.3 Å². The van der Waals surface area contributed by atoms with Gasteiger partial charge in [0.1, 0.15) is 5.41 Å². The third kappa shape index (κ3) is 2.63. The summed E-state index contributed by atoms with van der Waals surface area (Å²) in [4.78, 5) is 12.8. The van der Waals surface area contributed by atoms with Crippen LogP contribution in [-0.4, -0.2) is 22.9 Å². The molecule has 4 rings (SSSR count). The molecule has 0 N–H and O–H groups in total. The van der Waals surface area contributed by atoms with Crippen LogP contribution in [0.15, 0.2) is 42.6 Å². The highest BCUT2D eigenvalue weighted by Crippen LogP contribution is 2.45. The van der Waals surface area contributed by atoms with Gasteiger partial charge in [-0.05, 0) is 54.2 Å². The van der Waals surface area contributed by atoms with Crippen LogP contribution >= 0.6 is 0 Å². The van der Waals surface area contributed by atoms with E-state index in [-0.39, 0.29) is 5.56 Å². The Hall–Kier alpha value is -3.02. The Kier molecular flexibility index (Phi) is 4.29. The smallest absolute Gasteiger partial charge is 0.320 e. The Morgan fingerprint density at radius 3 is 2.79 bits per heavy atom. The molecule has 4 nitrogen and oxygen atoms in total. The summed E-state index contributed by atoms with van der Waals surface area (Å²) in [6.07, 6.45) is 4.70. The number of benzene rings is 2. The zero-order valence-corrected chi connectivity index (χ0v) is 15.9. The standard InChI is InChI=1S/C22H20F2N2O2/c1-13-17(6-7-18(23)20(13)24)22(21(27)28-3)9-8-15(11-22)14-4-5-16-12-25-26(2)19(16)10-14/h4-7,10-12H,8-9H2,1-3H3. The lowest BCUT2D eigenvalue weighted by Gasteiger charge is -2.26. The van der Waals surface area contributed by atoms with E-state index in [1.54, 1.807) is 10.9 Å². The molecule has 0 aliphatic heterocycles. The van der Waals surface area contributed by atoms with Crippen molar-refractivity contribution < 1.29 is 18.3 Å². The number of aromatic nitrogens is 2. The van der Waals surface area contributed by atoms with Gasteiger partial charge in [-0.2, -0.15) is 5.10 Å². The molecule has 0 spiro atoms. The number of rotatable bonds is 3. The van der Waals surface area contributed by atoms with Gasteiger partial charge >= 0.3 is 5.97 Å². The van der Waals surface area contributed by atoms with E-state index in [2.05, 4.69) is 5.10 Å². The van der Waals surface area contributed by atoms with Gasteiger partial charge in [-0.1, -0.05) is 24.3 Å². The maximum atomic E-state index is 14.2. The number of carbonyl (C=O) groups excluding carboxylic acids is 1. The number of ether oxygens (including phenoxy) is 1. The molecule has 0 amide bonds. The minimum absolute atomic E-state index is 0.130. The van der Waals surface area contributed by atoms with Crippen molar-refractivity contribution in [3.8, 4) is 0 Å². The summed E-state index contributed by atoms with van der Waals surface area (Å²) in [7, 11) is 3.19. The minimum atomic E-state index is -1.13. The second-order valence-corrected chi connectivity index (χ2v) is 7.21. The van der Waals surface area contributed by atoms with Crippen LogP contribution in [0.4, 0.5) is 8.78 Å². The van der Waals surface area contributed by atoms with Crippen molar-refractivity contribution in [2.24, 2.45) is 7.05 Å². The lowest BCUT2D eigenvalue weighted by Crippen LogP contribution is -2.34. The van der Waals surface area contributed by atoms with E-state index >= 15 is 0 Å². The van der Waals surface area contributed by atoms with Gasteiger partial charge < -0.3 is 4.74 Å². The molecule has 1 aliphatic carbocycles. The number of carbonyl (C=O) groups is 1. The minimum Gasteiger partial charge on any atom is -0.468 e. The third-order valence-corrected chi connectivity index (χ3v) is 5.70. The highest BCUT2D eigenvalue weighted by molar-refractivity contribution is 5.92. The Bertz CT molecular complexity index is 1130. The molecular formula is C22H20F2N2O2. The van der Waals surface area contributed by atoms with E-state index in [4.69, 9.17) is 4.74 Å². The maximum absolute atomic E-state index is 14.2. The van der Waals surface area contributed by atoms with Crippen molar-refractivity contribution in [2.45, 2.75) is 25.2 Å². The normalized spacial score (nSPS) is 19.1. The van der Waals surface area contributed by atoms with E-state index in [9.17, 15) is 13.6 Å². The number of nitrogens with zero attached hydrogens (tertiary/aromatic N) is 2. The van der Waals surface area contributed by atoms with Crippen LogP contribution in [0.25, 0.3) is 16.5 Å². The summed E-state index contributed by atoms with van der Waals surface area (Å²) in [6, 6.07) is 8.55. The summed E-state index contributed by atoms with van der Waals surface area (Å²) in [5.41, 5.74) is 2.36. The van der Waals surface area contributed by atoms with E-state index in [0.29, 0.717) is 18.4 Å². The molecule has 0 radical (unpaired) electrons. The number of halogens is 2. The van der Waals surface area contributed by atoms with Crippen molar-refractivity contribution in [2.75, 3.05) is 7.11 Å². The van der Waals surface area contributed by atoms with Gasteiger partial charge in [0.15, 0.2) is 11.6 Å². The van der Waals surface area contributed by atoms with Crippen molar-refractivity contribution in [1.29, 1.82) is 0 Å². The van der Waals surface area contributed by atoms with Crippen LogP contribution < -0.4 is 0 Å². The van der Waals surface area contributed by atoms with Crippen LogP contribution in [0.3, 0.4) is 0 Å².